The van der Waals surface area contributed by atoms with Gasteiger partial charge in [0.25, 0.3) is 0 Å². The second kappa shape index (κ2) is 6.39. The monoisotopic (exact) mass is 287 g/mol. The minimum Gasteiger partial charge on any atom is -0.496 e. The maximum atomic E-state index is 5.86. The number of para-hydroxylation sites is 1. The molecular weight excluding hydrogens is 270 g/mol. The molecular formula is C16H17NO2S. The van der Waals surface area contributed by atoms with Crippen LogP contribution in [0.1, 0.15) is 16.7 Å². The van der Waals surface area contributed by atoms with Crippen LogP contribution in [-0.4, -0.2) is 12.1 Å². The van der Waals surface area contributed by atoms with Gasteiger partial charge in [0, 0.05) is 11.1 Å². The van der Waals surface area contributed by atoms with Crippen LogP contribution in [0.5, 0.6) is 11.5 Å². The Morgan fingerprint density at radius 2 is 1.90 bits per heavy atom. The first-order valence-electron chi connectivity index (χ1n) is 6.27. The highest BCUT2D eigenvalue weighted by atomic mass is 32.1. The highest BCUT2D eigenvalue weighted by molar-refractivity contribution is 7.80. The van der Waals surface area contributed by atoms with Crippen LogP contribution in [0.3, 0.4) is 0 Å². The van der Waals surface area contributed by atoms with Crippen molar-refractivity contribution in [1.82, 2.24) is 0 Å². The van der Waals surface area contributed by atoms with Crippen molar-refractivity contribution >= 4 is 17.2 Å². The minimum absolute atomic E-state index is 0.368. The Balaban J connectivity index is 2.18. The molecule has 0 aliphatic heterocycles. The van der Waals surface area contributed by atoms with Gasteiger partial charge < -0.3 is 15.2 Å². The van der Waals surface area contributed by atoms with Crippen molar-refractivity contribution in [2.75, 3.05) is 7.11 Å². The lowest BCUT2D eigenvalue weighted by molar-refractivity contribution is 0.295. The van der Waals surface area contributed by atoms with Gasteiger partial charge >= 0.3 is 0 Å². The summed E-state index contributed by atoms with van der Waals surface area (Å²) in [6.07, 6.45) is 0. The highest BCUT2D eigenvalue weighted by Gasteiger charge is 2.06. The van der Waals surface area contributed by atoms with Gasteiger partial charge in [-0.15, -0.1) is 0 Å². The summed E-state index contributed by atoms with van der Waals surface area (Å²) in [6.45, 7) is 2.42. The fourth-order valence-electron chi connectivity index (χ4n) is 1.89. The summed E-state index contributed by atoms with van der Waals surface area (Å²) in [7, 11) is 1.65. The first-order chi connectivity index (χ1) is 9.61. The average Bonchev–Trinajstić information content (AvgIpc) is 2.46. The van der Waals surface area contributed by atoms with E-state index in [9.17, 15) is 0 Å². The molecule has 0 radical (unpaired) electrons. The van der Waals surface area contributed by atoms with Crippen LogP contribution in [-0.2, 0) is 6.61 Å². The quantitative estimate of drug-likeness (QED) is 0.858. The van der Waals surface area contributed by atoms with E-state index in [-0.39, 0.29) is 0 Å². The maximum absolute atomic E-state index is 5.86. The van der Waals surface area contributed by atoms with Gasteiger partial charge in [-0.2, -0.15) is 0 Å². The molecule has 2 aromatic carbocycles. The molecule has 0 fully saturated rings. The van der Waals surface area contributed by atoms with Gasteiger partial charge in [0.2, 0.25) is 0 Å². The van der Waals surface area contributed by atoms with E-state index in [1.807, 2.05) is 49.4 Å². The molecule has 0 spiro atoms. The predicted octanol–water partition coefficient (Wildman–Crippen LogP) is 3.22. The largest absolute Gasteiger partial charge is 0.496 e. The number of rotatable bonds is 5. The molecule has 0 aliphatic carbocycles. The van der Waals surface area contributed by atoms with Crippen LogP contribution < -0.4 is 15.2 Å². The molecule has 0 unspecified atom stereocenters. The van der Waals surface area contributed by atoms with Gasteiger partial charge in [0.15, 0.2) is 0 Å². The molecule has 0 amide bonds. The van der Waals surface area contributed by atoms with Crippen molar-refractivity contribution in [3.8, 4) is 11.5 Å². The number of hydrogen-bond acceptors (Lipinski definition) is 3. The average molecular weight is 287 g/mol. The van der Waals surface area contributed by atoms with E-state index in [0.717, 1.165) is 28.2 Å². The molecule has 0 aromatic heterocycles. The molecule has 20 heavy (non-hydrogen) atoms. The van der Waals surface area contributed by atoms with Crippen molar-refractivity contribution < 1.29 is 9.47 Å². The number of thiocarbonyl (C=S) groups is 1. The lowest BCUT2D eigenvalue weighted by atomic mass is 10.1. The Bertz CT molecular complexity index is 626. The van der Waals surface area contributed by atoms with Crippen LogP contribution in [0.2, 0.25) is 0 Å². The lowest BCUT2D eigenvalue weighted by Gasteiger charge is -2.12. The van der Waals surface area contributed by atoms with Crippen LogP contribution in [0.4, 0.5) is 0 Å². The Morgan fingerprint density at radius 3 is 2.60 bits per heavy atom. The zero-order valence-corrected chi connectivity index (χ0v) is 12.4. The molecule has 0 saturated carbocycles. The molecule has 0 aliphatic rings. The molecule has 104 valence electrons. The Morgan fingerprint density at radius 1 is 1.15 bits per heavy atom. The summed E-state index contributed by atoms with van der Waals surface area (Å²) in [5.74, 6) is 1.59. The number of hydrogen-bond donors (Lipinski definition) is 1. The summed E-state index contributed by atoms with van der Waals surface area (Å²) >= 11 is 4.98. The van der Waals surface area contributed by atoms with Gasteiger partial charge in [-0.05, 0) is 24.6 Å². The third-order valence-corrected chi connectivity index (χ3v) is 3.28. The Labute approximate surface area is 124 Å². The third-order valence-electron chi connectivity index (χ3n) is 3.05. The van der Waals surface area contributed by atoms with E-state index >= 15 is 0 Å². The fourth-order valence-corrected chi connectivity index (χ4v) is 2.01. The van der Waals surface area contributed by atoms with Crippen molar-refractivity contribution in [3.63, 3.8) is 0 Å². The molecule has 2 aromatic rings. The van der Waals surface area contributed by atoms with Gasteiger partial charge in [-0.25, -0.2) is 0 Å². The molecule has 0 bridgehead atoms. The molecule has 0 heterocycles. The van der Waals surface area contributed by atoms with Crippen molar-refractivity contribution in [2.24, 2.45) is 5.73 Å². The number of methoxy groups -OCH3 is 1. The van der Waals surface area contributed by atoms with E-state index in [4.69, 9.17) is 27.4 Å². The topological polar surface area (TPSA) is 44.5 Å². The van der Waals surface area contributed by atoms with Gasteiger partial charge in [0.1, 0.15) is 23.1 Å². The summed E-state index contributed by atoms with van der Waals surface area (Å²) in [6, 6.07) is 13.5. The maximum Gasteiger partial charge on any atom is 0.125 e. The molecule has 2 N–H and O–H groups in total. The van der Waals surface area contributed by atoms with E-state index in [0.29, 0.717) is 11.6 Å². The Hall–Kier alpha value is -2.07. The number of ether oxygens (including phenoxy) is 2. The minimum atomic E-state index is 0.368. The van der Waals surface area contributed by atoms with Crippen molar-refractivity contribution in [1.29, 1.82) is 0 Å². The lowest BCUT2D eigenvalue weighted by Crippen LogP contribution is -2.09. The summed E-state index contributed by atoms with van der Waals surface area (Å²) in [4.78, 5) is 0.368. The summed E-state index contributed by atoms with van der Waals surface area (Å²) in [5.41, 5.74) is 8.48. The second-order valence-electron chi connectivity index (χ2n) is 4.45. The van der Waals surface area contributed by atoms with Crippen molar-refractivity contribution in [3.05, 3.63) is 59.2 Å². The van der Waals surface area contributed by atoms with E-state index in [1.165, 1.54) is 0 Å². The SMILES string of the molecule is COc1ccccc1COc1cc(C(N)=S)ccc1C. The molecule has 0 atom stereocenters. The summed E-state index contributed by atoms with van der Waals surface area (Å²) < 4.78 is 11.2. The van der Waals surface area contributed by atoms with Crippen LogP contribution in [0.15, 0.2) is 42.5 Å². The first-order valence-corrected chi connectivity index (χ1v) is 6.68. The molecule has 2 rings (SSSR count). The van der Waals surface area contributed by atoms with E-state index in [1.54, 1.807) is 7.11 Å². The predicted molar refractivity (Wildman–Crippen MR) is 84.4 cm³/mol. The van der Waals surface area contributed by atoms with Crippen LogP contribution >= 0.6 is 12.2 Å². The van der Waals surface area contributed by atoms with Gasteiger partial charge in [0.05, 0.1) is 7.11 Å². The van der Waals surface area contributed by atoms with E-state index in [2.05, 4.69) is 0 Å². The smallest absolute Gasteiger partial charge is 0.125 e. The second-order valence-corrected chi connectivity index (χ2v) is 4.88. The van der Waals surface area contributed by atoms with Gasteiger partial charge in [-0.3, -0.25) is 0 Å². The zero-order valence-electron chi connectivity index (χ0n) is 11.6. The first kappa shape index (κ1) is 14.3. The Kier molecular flexibility index (Phi) is 4.58. The number of aryl methyl sites for hydroxylation is 1. The molecule has 0 saturated heterocycles. The zero-order chi connectivity index (χ0) is 14.5. The molecule has 3 nitrogen and oxygen atoms in total. The van der Waals surface area contributed by atoms with Crippen LogP contribution in [0, 0.1) is 6.92 Å². The number of benzene rings is 2. The van der Waals surface area contributed by atoms with Gasteiger partial charge in [-0.1, -0.05) is 42.5 Å². The standard InChI is InChI=1S/C16H17NO2S/c1-11-7-8-12(16(17)20)9-15(11)19-10-13-5-3-4-6-14(13)18-2/h3-9H,10H2,1-2H3,(H2,17,20). The fraction of sp³-hybridized carbons (Fsp3) is 0.188. The third kappa shape index (κ3) is 3.27. The van der Waals surface area contributed by atoms with Crippen molar-refractivity contribution in [2.45, 2.75) is 13.5 Å². The van der Waals surface area contributed by atoms with Crippen LogP contribution in [0.25, 0.3) is 0 Å². The number of nitrogens with two attached hydrogens (primary N) is 1. The molecule has 4 heteroatoms. The normalized spacial score (nSPS) is 10.1. The van der Waals surface area contributed by atoms with E-state index < -0.39 is 0 Å². The summed E-state index contributed by atoms with van der Waals surface area (Å²) in [5, 5.41) is 0. The highest BCUT2D eigenvalue weighted by Crippen LogP contribution is 2.23.